The van der Waals surface area contributed by atoms with Gasteiger partial charge in [0, 0.05) is 30.7 Å². The van der Waals surface area contributed by atoms with Gasteiger partial charge in [0.05, 0.1) is 51.6 Å². The second-order valence-corrected chi connectivity index (χ2v) is 7.04. The molecule has 1 aromatic heterocycles. The number of carbonyl (C=O) groups excluding carboxylic acids is 2. The maximum absolute atomic E-state index is 12.4. The summed E-state index contributed by atoms with van der Waals surface area (Å²) in [7, 11) is 0. The summed E-state index contributed by atoms with van der Waals surface area (Å²) in [5.41, 5.74) is 8.05. The van der Waals surface area contributed by atoms with Crippen LogP contribution in [0.3, 0.4) is 0 Å². The Kier molecular flexibility index (Phi) is 9.38. The predicted octanol–water partition coefficient (Wildman–Crippen LogP) is 1.25. The summed E-state index contributed by atoms with van der Waals surface area (Å²) in [6.45, 7) is 4.20. The van der Waals surface area contributed by atoms with E-state index in [0.717, 1.165) is 11.3 Å². The lowest BCUT2D eigenvalue weighted by molar-refractivity contribution is -0.115. The van der Waals surface area contributed by atoms with Gasteiger partial charge < -0.3 is 35.9 Å². The van der Waals surface area contributed by atoms with E-state index in [9.17, 15) is 9.59 Å². The number of benzene rings is 1. The molecule has 0 aliphatic carbocycles. The second-order valence-electron chi connectivity index (χ2n) is 7.04. The fourth-order valence-electron chi connectivity index (χ4n) is 3.02. The molecule has 0 bridgehead atoms. The third kappa shape index (κ3) is 7.57. The number of nitrogens with two attached hydrogens (primary N) is 1. The van der Waals surface area contributed by atoms with Crippen molar-refractivity contribution in [2.75, 3.05) is 68.7 Å². The highest BCUT2D eigenvalue weighted by molar-refractivity contribution is 6.05. The van der Waals surface area contributed by atoms with Crippen LogP contribution in [0.4, 0.5) is 17.2 Å². The summed E-state index contributed by atoms with van der Waals surface area (Å²) < 4.78 is 16.1. The molecule has 32 heavy (non-hydrogen) atoms. The average Bonchev–Trinajstić information content (AvgIpc) is 3.17. The smallest absolute Gasteiger partial charge is 0.257 e. The van der Waals surface area contributed by atoms with Crippen molar-refractivity contribution in [2.45, 2.75) is 6.42 Å². The molecule has 1 aliphatic heterocycles. The summed E-state index contributed by atoms with van der Waals surface area (Å²) in [5, 5.41) is 8.73. The van der Waals surface area contributed by atoms with Crippen LogP contribution in [-0.2, 0) is 25.4 Å². The van der Waals surface area contributed by atoms with E-state index in [1.807, 2.05) is 0 Å². The Bertz CT molecular complexity index is 891. The number of carbonyl (C=O) groups is 2. The molecule has 1 aliphatic rings. The second kappa shape index (κ2) is 12.7. The van der Waals surface area contributed by atoms with Gasteiger partial charge in [-0.1, -0.05) is 0 Å². The van der Waals surface area contributed by atoms with Crippen molar-refractivity contribution in [3.63, 3.8) is 0 Å². The first-order valence-electron chi connectivity index (χ1n) is 10.5. The number of ether oxygens (including phenoxy) is 3. The number of fused-ring (bicyclic) bond motifs is 1. The van der Waals surface area contributed by atoms with E-state index in [4.69, 9.17) is 19.9 Å². The molecule has 5 N–H and O–H groups in total. The van der Waals surface area contributed by atoms with Crippen LogP contribution in [0.2, 0.25) is 0 Å². The van der Waals surface area contributed by atoms with Gasteiger partial charge in [-0.15, -0.1) is 0 Å². The minimum Gasteiger partial charge on any atom is -0.378 e. The van der Waals surface area contributed by atoms with Gasteiger partial charge in [0.1, 0.15) is 5.82 Å². The normalized spacial score (nSPS) is 12.3. The third-order valence-electron chi connectivity index (χ3n) is 4.57. The molecule has 172 valence electrons. The van der Waals surface area contributed by atoms with Gasteiger partial charge >= 0.3 is 0 Å². The van der Waals surface area contributed by atoms with Crippen molar-refractivity contribution < 1.29 is 23.8 Å². The number of nitrogens with zero attached hydrogens (tertiary/aromatic N) is 1. The summed E-state index contributed by atoms with van der Waals surface area (Å²) in [6.07, 6.45) is 1.83. The summed E-state index contributed by atoms with van der Waals surface area (Å²) >= 11 is 0. The number of hydrogen-bond donors (Lipinski definition) is 4. The lowest BCUT2D eigenvalue weighted by atomic mass is 10.1. The molecule has 2 heterocycles. The highest BCUT2D eigenvalue weighted by atomic mass is 16.5. The molecule has 1 aromatic carbocycles. The van der Waals surface area contributed by atoms with Gasteiger partial charge in [0.25, 0.3) is 5.91 Å². The SMILES string of the molecule is NCCOCCOCCOCCNc1ccc(C(=O)Nc2ccc3c(c2)CC(=O)N3)cn1. The van der Waals surface area contributed by atoms with Crippen molar-refractivity contribution in [1.29, 1.82) is 0 Å². The zero-order valence-corrected chi connectivity index (χ0v) is 17.9. The van der Waals surface area contributed by atoms with Crippen LogP contribution in [0.15, 0.2) is 36.5 Å². The molecule has 2 aromatic rings. The molecule has 3 rings (SSSR count). The first kappa shape index (κ1) is 23.6. The van der Waals surface area contributed by atoms with E-state index < -0.39 is 0 Å². The standard InChI is InChI=1S/C22H29N5O5/c23-5-7-30-9-11-32-12-10-31-8-6-24-20-4-1-16(15-25-20)22(29)26-18-2-3-19-17(13-18)14-21(28)27-19/h1-4,13,15H,5-12,14,23H2,(H,24,25)(H,26,29)(H,27,28). The van der Waals surface area contributed by atoms with Gasteiger partial charge in [-0.05, 0) is 35.9 Å². The molecule has 0 spiro atoms. The molecule has 0 saturated carbocycles. The molecular formula is C22H29N5O5. The Hall–Kier alpha value is -3.05. The molecule has 10 nitrogen and oxygen atoms in total. The fourth-order valence-corrected chi connectivity index (χ4v) is 3.02. The van der Waals surface area contributed by atoms with Crippen molar-refractivity contribution in [3.8, 4) is 0 Å². The van der Waals surface area contributed by atoms with E-state index in [0.29, 0.717) is 76.2 Å². The summed E-state index contributed by atoms with van der Waals surface area (Å²) in [4.78, 5) is 28.2. The predicted molar refractivity (Wildman–Crippen MR) is 121 cm³/mol. The quantitative estimate of drug-likeness (QED) is 0.320. The third-order valence-corrected chi connectivity index (χ3v) is 4.57. The van der Waals surface area contributed by atoms with Crippen LogP contribution in [0, 0.1) is 0 Å². The van der Waals surface area contributed by atoms with Crippen molar-refractivity contribution >= 4 is 29.0 Å². The zero-order chi connectivity index (χ0) is 22.6. The van der Waals surface area contributed by atoms with Crippen LogP contribution in [0.1, 0.15) is 15.9 Å². The van der Waals surface area contributed by atoms with Gasteiger partial charge in [-0.3, -0.25) is 9.59 Å². The maximum Gasteiger partial charge on any atom is 0.257 e. The van der Waals surface area contributed by atoms with E-state index >= 15 is 0 Å². The molecule has 0 unspecified atom stereocenters. The number of pyridine rings is 1. The molecule has 0 radical (unpaired) electrons. The summed E-state index contributed by atoms with van der Waals surface area (Å²) in [6, 6.07) is 8.78. The van der Waals surface area contributed by atoms with Crippen molar-refractivity contribution in [1.82, 2.24) is 4.98 Å². The first-order valence-corrected chi connectivity index (χ1v) is 10.5. The Balaban J connectivity index is 1.31. The zero-order valence-electron chi connectivity index (χ0n) is 17.9. The van der Waals surface area contributed by atoms with E-state index in [1.54, 1.807) is 30.3 Å². The van der Waals surface area contributed by atoms with Crippen LogP contribution in [0.5, 0.6) is 0 Å². The monoisotopic (exact) mass is 443 g/mol. The van der Waals surface area contributed by atoms with Crippen LogP contribution >= 0.6 is 0 Å². The van der Waals surface area contributed by atoms with Crippen LogP contribution in [-0.4, -0.2) is 69.5 Å². The fraction of sp³-hybridized carbons (Fsp3) is 0.409. The lowest BCUT2D eigenvalue weighted by Crippen LogP contribution is -2.16. The molecule has 2 amide bonds. The van der Waals surface area contributed by atoms with Crippen LogP contribution < -0.4 is 21.7 Å². The average molecular weight is 444 g/mol. The van der Waals surface area contributed by atoms with Gasteiger partial charge in [-0.2, -0.15) is 0 Å². The molecular weight excluding hydrogens is 414 g/mol. The highest BCUT2D eigenvalue weighted by Gasteiger charge is 2.18. The molecule has 10 heteroatoms. The number of nitrogens with one attached hydrogen (secondary N) is 3. The van der Waals surface area contributed by atoms with Gasteiger partial charge in [0.15, 0.2) is 0 Å². The lowest BCUT2D eigenvalue weighted by Gasteiger charge is -2.09. The Labute approximate surface area is 186 Å². The molecule has 0 saturated heterocycles. The minimum atomic E-state index is -0.266. The Morgan fingerprint density at radius 2 is 1.78 bits per heavy atom. The topological polar surface area (TPSA) is 137 Å². The molecule has 0 fully saturated rings. The molecule has 0 atom stereocenters. The Morgan fingerprint density at radius 3 is 2.50 bits per heavy atom. The van der Waals surface area contributed by atoms with Gasteiger partial charge in [0.2, 0.25) is 5.91 Å². The number of amides is 2. The van der Waals surface area contributed by atoms with E-state index in [2.05, 4.69) is 20.9 Å². The maximum atomic E-state index is 12.4. The van der Waals surface area contributed by atoms with Crippen LogP contribution in [0.25, 0.3) is 0 Å². The van der Waals surface area contributed by atoms with Crippen molar-refractivity contribution in [2.24, 2.45) is 5.73 Å². The minimum absolute atomic E-state index is 0.0429. The largest absolute Gasteiger partial charge is 0.378 e. The van der Waals surface area contributed by atoms with E-state index in [-0.39, 0.29) is 11.8 Å². The first-order chi connectivity index (χ1) is 15.7. The van der Waals surface area contributed by atoms with Crippen molar-refractivity contribution in [3.05, 3.63) is 47.7 Å². The summed E-state index contributed by atoms with van der Waals surface area (Å²) in [5.74, 6) is 0.345. The highest BCUT2D eigenvalue weighted by Crippen LogP contribution is 2.26. The van der Waals surface area contributed by atoms with E-state index in [1.165, 1.54) is 6.20 Å². The number of anilines is 3. The number of hydrogen-bond acceptors (Lipinski definition) is 8. The number of aromatic nitrogens is 1. The number of rotatable bonds is 14. The van der Waals surface area contributed by atoms with Gasteiger partial charge in [-0.25, -0.2) is 4.98 Å². The Morgan fingerprint density at radius 1 is 1.03 bits per heavy atom.